The molecule has 1 N–H and O–H groups in total. The molecule has 0 bridgehead atoms. The second kappa shape index (κ2) is 4.26. The molecule has 0 amide bonds. The van der Waals surface area contributed by atoms with Gasteiger partial charge in [-0.25, -0.2) is 0 Å². The predicted molar refractivity (Wildman–Crippen MR) is 64.4 cm³/mol. The highest BCUT2D eigenvalue weighted by Crippen LogP contribution is 2.06. The molecule has 2 aromatic rings. The summed E-state index contributed by atoms with van der Waals surface area (Å²) in [5.74, 6) is 0. The lowest BCUT2D eigenvalue weighted by Gasteiger charge is -2.08. The van der Waals surface area contributed by atoms with Crippen LogP contribution in [0.5, 0.6) is 0 Å². The zero-order valence-electron chi connectivity index (χ0n) is 9.47. The van der Waals surface area contributed by atoms with Gasteiger partial charge in [-0.3, -0.25) is 14.2 Å². The van der Waals surface area contributed by atoms with Crippen molar-refractivity contribution >= 4 is 5.69 Å². The van der Waals surface area contributed by atoms with Crippen molar-refractivity contribution in [2.75, 3.05) is 5.32 Å². The number of para-hydroxylation sites is 1. The summed E-state index contributed by atoms with van der Waals surface area (Å²) in [5.41, 5.74) is 2.04. The Morgan fingerprint density at radius 2 is 1.81 bits per heavy atom. The molecule has 2 rings (SSSR count). The fourth-order valence-corrected chi connectivity index (χ4v) is 1.58. The van der Waals surface area contributed by atoms with Crippen LogP contribution in [0, 0.1) is 0 Å². The van der Waals surface area contributed by atoms with Crippen LogP contribution in [0.1, 0.15) is 5.69 Å². The lowest BCUT2D eigenvalue weighted by Crippen LogP contribution is -2.17. The molecule has 16 heavy (non-hydrogen) atoms. The van der Waals surface area contributed by atoms with Crippen molar-refractivity contribution in [3.05, 3.63) is 52.4 Å². The summed E-state index contributed by atoms with van der Waals surface area (Å²) >= 11 is 0. The Kier molecular flexibility index (Phi) is 2.81. The number of benzene rings is 1. The van der Waals surface area contributed by atoms with Crippen molar-refractivity contribution in [3.8, 4) is 0 Å². The summed E-state index contributed by atoms with van der Waals surface area (Å²) < 4.78 is 3.43. The van der Waals surface area contributed by atoms with Crippen LogP contribution in [0.25, 0.3) is 0 Å². The summed E-state index contributed by atoms with van der Waals surface area (Å²) in [6.45, 7) is 0.649. The zero-order chi connectivity index (χ0) is 11.5. The minimum absolute atomic E-state index is 0.0207. The third-order valence-electron chi connectivity index (χ3n) is 2.72. The van der Waals surface area contributed by atoms with Gasteiger partial charge in [0.1, 0.15) is 0 Å². The molecule has 1 aromatic carbocycles. The summed E-state index contributed by atoms with van der Waals surface area (Å²) in [6.07, 6.45) is 0. The Labute approximate surface area is 94.1 Å². The van der Waals surface area contributed by atoms with Gasteiger partial charge in [0.05, 0.1) is 12.2 Å². The number of hydrogen-bond acceptors (Lipinski definition) is 2. The second-order valence-electron chi connectivity index (χ2n) is 3.74. The standard InChI is InChI=1S/C12H15N3O/c1-14-11(8-12(16)15(14)2)9-13-10-6-4-3-5-7-10/h3-8,13H,9H2,1-2H3. The molecule has 84 valence electrons. The maximum atomic E-state index is 11.4. The average molecular weight is 217 g/mol. The molecular formula is C12H15N3O. The van der Waals surface area contributed by atoms with E-state index in [-0.39, 0.29) is 5.56 Å². The molecule has 0 saturated carbocycles. The molecule has 0 unspecified atom stereocenters. The van der Waals surface area contributed by atoms with E-state index in [0.717, 1.165) is 11.4 Å². The smallest absolute Gasteiger partial charge is 0.266 e. The van der Waals surface area contributed by atoms with Gasteiger partial charge in [-0.2, -0.15) is 0 Å². The molecule has 1 aromatic heterocycles. The molecule has 4 nitrogen and oxygen atoms in total. The monoisotopic (exact) mass is 217 g/mol. The van der Waals surface area contributed by atoms with Crippen LogP contribution in [-0.2, 0) is 20.6 Å². The van der Waals surface area contributed by atoms with Crippen molar-refractivity contribution < 1.29 is 0 Å². The lowest BCUT2D eigenvalue weighted by molar-refractivity contribution is 0.560. The quantitative estimate of drug-likeness (QED) is 0.842. The lowest BCUT2D eigenvalue weighted by atomic mass is 10.3. The van der Waals surface area contributed by atoms with Crippen molar-refractivity contribution in [2.45, 2.75) is 6.54 Å². The van der Waals surface area contributed by atoms with Crippen LogP contribution in [0.2, 0.25) is 0 Å². The molecule has 0 atom stereocenters. The Bertz CT molecular complexity index is 525. The molecule has 1 heterocycles. The van der Waals surface area contributed by atoms with Crippen molar-refractivity contribution in [3.63, 3.8) is 0 Å². The van der Waals surface area contributed by atoms with Gasteiger partial charge < -0.3 is 5.32 Å². The summed E-state index contributed by atoms with van der Waals surface area (Å²) in [6, 6.07) is 11.6. The molecule has 4 heteroatoms. The predicted octanol–water partition coefficient (Wildman–Crippen LogP) is 1.34. The average Bonchev–Trinajstić information content (AvgIpc) is 2.56. The fraction of sp³-hybridized carbons (Fsp3) is 0.250. The summed E-state index contributed by atoms with van der Waals surface area (Å²) in [5, 5.41) is 3.27. The van der Waals surface area contributed by atoms with Crippen LogP contribution in [0.15, 0.2) is 41.2 Å². The SMILES string of the molecule is Cn1c(CNc2ccccc2)cc(=O)n1C. The van der Waals surface area contributed by atoms with E-state index in [0.29, 0.717) is 6.54 Å². The number of anilines is 1. The molecule has 0 fully saturated rings. The van der Waals surface area contributed by atoms with Crippen molar-refractivity contribution in [2.24, 2.45) is 14.1 Å². The number of nitrogens with zero attached hydrogens (tertiary/aromatic N) is 2. The van der Waals surface area contributed by atoms with E-state index >= 15 is 0 Å². The first-order valence-electron chi connectivity index (χ1n) is 5.19. The molecule has 0 aliphatic carbocycles. The van der Waals surface area contributed by atoms with E-state index in [4.69, 9.17) is 0 Å². The van der Waals surface area contributed by atoms with E-state index in [2.05, 4.69) is 5.32 Å². The number of rotatable bonds is 3. The van der Waals surface area contributed by atoms with Crippen LogP contribution < -0.4 is 10.9 Å². The van der Waals surface area contributed by atoms with Gasteiger partial charge in [0.25, 0.3) is 5.56 Å². The molecule has 0 saturated heterocycles. The minimum Gasteiger partial charge on any atom is -0.379 e. The Hall–Kier alpha value is -1.97. The largest absolute Gasteiger partial charge is 0.379 e. The molecule has 0 aliphatic heterocycles. The maximum absolute atomic E-state index is 11.4. The Morgan fingerprint density at radius 1 is 1.12 bits per heavy atom. The first kappa shape index (κ1) is 10.5. The normalized spacial score (nSPS) is 10.4. The second-order valence-corrected chi connectivity index (χ2v) is 3.74. The van der Waals surface area contributed by atoms with Crippen LogP contribution in [-0.4, -0.2) is 9.36 Å². The van der Waals surface area contributed by atoms with Crippen molar-refractivity contribution in [1.82, 2.24) is 9.36 Å². The van der Waals surface area contributed by atoms with Gasteiger partial charge in [0, 0.05) is 25.8 Å². The zero-order valence-corrected chi connectivity index (χ0v) is 9.47. The van der Waals surface area contributed by atoms with Crippen LogP contribution in [0.3, 0.4) is 0 Å². The van der Waals surface area contributed by atoms with E-state index < -0.39 is 0 Å². The van der Waals surface area contributed by atoms with Crippen LogP contribution >= 0.6 is 0 Å². The van der Waals surface area contributed by atoms with E-state index in [9.17, 15) is 4.79 Å². The maximum Gasteiger partial charge on any atom is 0.266 e. The van der Waals surface area contributed by atoms with Gasteiger partial charge in [0.2, 0.25) is 0 Å². The molecule has 0 aliphatic rings. The molecular weight excluding hydrogens is 202 g/mol. The van der Waals surface area contributed by atoms with Crippen LogP contribution in [0.4, 0.5) is 5.69 Å². The number of aromatic nitrogens is 2. The highest BCUT2D eigenvalue weighted by atomic mass is 16.1. The fourth-order valence-electron chi connectivity index (χ4n) is 1.58. The first-order chi connectivity index (χ1) is 7.68. The van der Waals surface area contributed by atoms with Gasteiger partial charge in [0.15, 0.2) is 0 Å². The third-order valence-corrected chi connectivity index (χ3v) is 2.72. The summed E-state index contributed by atoms with van der Waals surface area (Å²) in [4.78, 5) is 11.4. The molecule has 0 radical (unpaired) electrons. The van der Waals surface area contributed by atoms with Gasteiger partial charge in [-0.15, -0.1) is 0 Å². The topological polar surface area (TPSA) is 39.0 Å². The first-order valence-corrected chi connectivity index (χ1v) is 5.19. The third kappa shape index (κ3) is 2.00. The minimum atomic E-state index is 0.0207. The van der Waals surface area contributed by atoms with Gasteiger partial charge in [-0.05, 0) is 12.1 Å². The van der Waals surface area contributed by atoms with E-state index in [1.54, 1.807) is 17.8 Å². The highest BCUT2D eigenvalue weighted by Gasteiger charge is 2.03. The summed E-state index contributed by atoms with van der Waals surface area (Å²) in [7, 11) is 3.64. The highest BCUT2D eigenvalue weighted by molar-refractivity contribution is 5.42. The Morgan fingerprint density at radius 3 is 2.38 bits per heavy atom. The van der Waals surface area contributed by atoms with Crippen molar-refractivity contribution in [1.29, 1.82) is 0 Å². The Balaban J connectivity index is 2.11. The van der Waals surface area contributed by atoms with E-state index in [1.165, 1.54) is 0 Å². The van der Waals surface area contributed by atoms with Gasteiger partial charge in [-0.1, -0.05) is 18.2 Å². The van der Waals surface area contributed by atoms with E-state index in [1.807, 2.05) is 42.1 Å². The van der Waals surface area contributed by atoms with Gasteiger partial charge >= 0.3 is 0 Å². The number of hydrogen-bond donors (Lipinski definition) is 1. The number of nitrogens with one attached hydrogen (secondary N) is 1. The molecule has 0 spiro atoms.